The zero-order valence-electron chi connectivity index (χ0n) is 16.5. The van der Waals surface area contributed by atoms with Crippen molar-refractivity contribution in [1.29, 1.82) is 0 Å². The van der Waals surface area contributed by atoms with Crippen molar-refractivity contribution in [2.24, 2.45) is 0 Å². The number of benzene rings is 2. The summed E-state index contributed by atoms with van der Waals surface area (Å²) in [4.78, 5) is 2.63. The van der Waals surface area contributed by atoms with Crippen LogP contribution >= 0.6 is 9.90 Å². The number of sulfone groups is 1. The van der Waals surface area contributed by atoms with Crippen LogP contribution in [-0.2, 0) is 22.8 Å². The van der Waals surface area contributed by atoms with E-state index in [0.717, 1.165) is 18.5 Å². The Morgan fingerprint density at radius 1 is 1.11 bits per heavy atom. The Hall–Kier alpha value is -1.94. The van der Waals surface area contributed by atoms with Crippen LogP contribution in [0.1, 0.15) is 18.1 Å². The molecule has 2 aromatic rings. The summed E-state index contributed by atoms with van der Waals surface area (Å²) >= 11 is 0. The lowest BCUT2D eigenvalue weighted by Gasteiger charge is -2.27. The molecule has 1 heterocycles. The van der Waals surface area contributed by atoms with Crippen LogP contribution in [0.2, 0.25) is 0 Å². The fraction of sp³-hybridized carbons (Fsp3) is 0.273. The number of fused-ring (bicyclic) bond motifs is 1. The SMILES string of the molecule is C=CCN1CCc2ccccc2C1.C=CS(=O)(=O)c1cccc(OCC)c1.P. The van der Waals surface area contributed by atoms with Crippen molar-refractivity contribution in [1.82, 2.24) is 4.90 Å². The summed E-state index contributed by atoms with van der Waals surface area (Å²) in [7, 11) is -3.36. The molecule has 0 fully saturated rings. The number of hydrogen-bond donors (Lipinski definition) is 0. The maximum atomic E-state index is 11.4. The van der Waals surface area contributed by atoms with Gasteiger partial charge in [-0.05, 0) is 42.7 Å². The van der Waals surface area contributed by atoms with Crippen molar-refractivity contribution in [2.45, 2.75) is 24.8 Å². The van der Waals surface area contributed by atoms with Gasteiger partial charge in [-0.3, -0.25) is 4.90 Å². The molecule has 0 saturated carbocycles. The van der Waals surface area contributed by atoms with Gasteiger partial charge in [0, 0.05) is 25.0 Å². The van der Waals surface area contributed by atoms with Crippen LogP contribution in [0.25, 0.3) is 0 Å². The Labute approximate surface area is 172 Å². The molecule has 1 aliphatic rings. The van der Waals surface area contributed by atoms with Gasteiger partial charge >= 0.3 is 0 Å². The molecule has 4 nitrogen and oxygen atoms in total. The molecule has 0 aliphatic carbocycles. The molecule has 0 aromatic heterocycles. The predicted octanol–water partition coefficient (Wildman–Crippen LogP) is 4.29. The average molecular weight is 420 g/mol. The third kappa shape index (κ3) is 6.90. The molecule has 0 spiro atoms. The molecule has 0 saturated heterocycles. The molecule has 0 bridgehead atoms. The van der Waals surface area contributed by atoms with Gasteiger partial charge in [0.05, 0.1) is 11.5 Å². The van der Waals surface area contributed by atoms with Crippen LogP contribution in [0.15, 0.2) is 78.1 Å². The van der Waals surface area contributed by atoms with Gasteiger partial charge in [0.25, 0.3) is 0 Å². The second kappa shape index (κ2) is 11.8. The minimum absolute atomic E-state index is 0. The van der Waals surface area contributed by atoms with Crippen molar-refractivity contribution in [3.05, 3.63) is 84.3 Å². The van der Waals surface area contributed by atoms with E-state index in [1.807, 2.05) is 13.0 Å². The fourth-order valence-corrected chi connectivity index (χ4v) is 3.64. The highest BCUT2D eigenvalue weighted by Crippen LogP contribution is 2.19. The van der Waals surface area contributed by atoms with Crippen LogP contribution < -0.4 is 4.74 Å². The molecule has 152 valence electrons. The van der Waals surface area contributed by atoms with Gasteiger partial charge < -0.3 is 4.74 Å². The lowest BCUT2D eigenvalue weighted by molar-refractivity contribution is 0.282. The minimum atomic E-state index is -3.36. The molecule has 0 radical (unpaired) electrons. The summed E-state index contributed by atoms with van der Waals surface area (Å²) in [5, 5.41) is 0.929. The Bertz CT molecular complexity index is 881. The van der Waals surface area contributed by atoms with Crippen molar-refractivity contribution in [2.75, 3.05) is 19.7 Å². The fourth-order valence-electron chi connectivity index (χ4n) is 2.90. The second-order valence-electron chi connectivity index (χ2n) is 6.16. The lowest BCUT2D eigenvalue weighted by Crippen LogP contribution is -2.30. The van der Waals surface area contributed by atoms with E-state index in [4.69, 9.17) is 4.74 Å². The zero-order chi connectivity index (χ0) is 19.7. The maximum absolute atomic E-state index is 11.4. The Morgan fingerprint density at radius 2 is 1.82 bits per heavy atom. The van der Waals surface area contributed by atoms with Gasteiger partial charge in [-0.15, -0.1) is 6.58 Å². The molecule has 1 unspecified atom stereocenters. The van der Waals surface area contributed by atoms with Crippen LogP contribution in [0.5, 0.6) is 5.75 Å². The number of ether oxygens (including phenoxy) is 1. The first-order valence-corrected chi connectivity index (χ1v) is 10.5. The lowest BCUT2D eigenvalue weighted by atomic mass is 10.0. The van der Waals surface area contributed by atoms with Crippen molar-refractivity contribution < 1.29 is 13.2 Å². The van der Waals surface area contributed by atoms with E-state index in [1.165, 1.54) is 36.2 Å². The molecule has 0 N–H and O–H groups in total. The van der Waals surface area contributed by atoms with E-state index in [-0.39, 0.29) is 14.8 Å². The Kier molecular flexibility index (Phi) is 10.2. The van der Waals surface area contributed by atoms with Gasteiger partial charge in [-0.25, -0.2) is 8.42 Å². The largest absolute Gasteiger partial charge is 0.494 e. The van der Waals surface area contributed by atoms with Gasteiger partial charge in [-0.1, -0.05) is 43.0 Å². The Balaban J connectivity index is 0.000000271. The van der Waals surface area contributed by atoms with Gasteiger partial charge in [0.1, 0.15) is 5.75 Å². The smallest absolute Gasteiger partial charge is 0.199 e. The molecule has 6 heteroatoms. The normalized spacial score (nSPS) is 13.2. The van der Waals surface area contributed by atoms with Crippen molar-refractivity contribution >= 4 is 19.7 Å². The highest BCUT2D eigenvalue weighted by atomic mass is 32.2. The molecule has 1 atom stereocenters. The third-order valence-electron chi connectivity index (χ3n) is 4.26. The summed E-state index contributed by atoms with van der Waals surface area (Å²) in [6.07, 6.45) is 3.16. The predicted molar refractivity (Wildman–Crippen MR) is 122 cm³/mol. The monoisotopic (exact) mass is 419 g/mol. The zero-order valence-corrected chi connectivity index (χ0v) is 18.7. The third-order valence-corrected chi connectivity index (χ3v) is 5.61. The summed E-state index contributed by atoms with van der Waals surface area (Å²) < 4.78 is 28.0. The summed E-state index contributed by atoms with van der Waals surface area (Å²) in [6, 6.07) is 15.1. The quantitative estimate of drug-likeness (QED) is 0.518. The number of nitrogens with zero attached hydrogens (tertiary/aromatic N) is 1. The molecular weight excluding hydrogens is 389 g/mol. The van der Waals surface area contributed by atoms with E-state index in [9.17, 15) is 8.42 Å². The molecular formula is C22H30NO3PS. The topological polar surface area (TPSA) is 46.6 Å². The molecule has 2 aromatic carbocycles. The van der Waals surface area contributed by atoms with Crippen molar-refractivity contribution in [3.63, 3.8) is 0 Å². The van der Waals surface area contributed by atoms with Crippen LogP contribution in [0.3, 0.4) is 0 Å². The van der Waals surface area contributed by atoms with E-state index in [2.05, 4.69) is 42.3 Å². The van der Waals surface area contributed by atoms with Crippen LogP contribution in [-0.4, -0.2) is 33.0 Å². The van der Waals surface area contributed by atoms with Crippen molar-refractivity contribution in [3.8, 4) is 5.75 Å². The standard InChI is InChI=1S/C12H15N.C10H12O3S.H3P/c1-2-8-13-9-7-11-5-3-4-6-12(11)10-13;1-3-13-9-6-5-7-10(8-9)14(11,12)4-2;/h2-6H,1,7-10H2;4-8H,2-3H2,1H3;1H3. The van der Waals surface area contributed by atoms with Gasteiger partial charge in [0.2, 0.25) is 0 Å². The molecule has 0 amide bonds. The molecule has 28 heavy (non-hydrogen) atoms. The van der Waals surface area contributed by atoms with Crippen LogP contribution in [0.4, 0.5) is 0 Å². The first-order chi connectivity index (χ1) is 13.0. The summed E-state index contributed by atoms with van der Waals surface area (Å²) in [6.45, 7) is 12.6. The summed E-state index contributed by atoms with van der Waals surface area (Å²) in [5.41, 5.74) is 3.00. The van der Waals surface area contributed by atoms with Crippen LogP contribution in [0, 0.1) is 0 Å². The van der Waals surface area contributed by atoms with Gasteiger partial charge in [0.15, 0.2) is 9.84 Å². The average Bonchev–Trinajstić information content (AvgIpc) is 2.69. The Morgan fingerprint density at radius 3 is 2.46 bits per heavy atom. The number of hydrogen-bond acceptors (Lipinski definition) is 4. The first kappa shape index (κ1) is 24.1. The van der Waals surface area contributed by atoms with E-state index >= 15 is 0 Å². The molecule has 3 rings (SSSR count). The minimum Gasteiger partial charge on any atom is -0.494 e. The summed E-state index contributed by atoms with van der Waals surface area (Å²) in [5.74, 6) is 0.551. The van der Waals surface area contributed by atoms with Gasteiger partial charge in [-0.2, -0.15) is 9.90 Å². The number of rotatable bonds is 6. The highest BCUT2D eigenvalue weighted by molar-refractivity contribution is 7.94. The first-order valence-electron chi connectivity index (χ1n) is 9.00. The molecule has 1 aliphatic heterocycles. The second-order valence-corrected chi connectivity index (χ2v) is 8.06. The highest BCUT2D eigenvalue weighted by Gasteiger charge is 2.13. The maximum Gasteiger partial charge on any atom is 0.199 e. The van der Waals surface area contributed by atoms with E-state index in [1.54, 1.807) is 12.1 Å². The van der Waals surface area contributed by atoms with E-state index in [0.29, 0.717) is 12.4 Å². The van der Waals surface area contributed by atoms with E-state index < -0.39 is 9.84 Å².